The highest BCUT2D eigenvalue weighted by atomic mass is 79.9. The number of imidazole rings is 1. The summed E-state index contributed by atoms with van der Waals surface area (Å²) >= 11 is 8.83. The minimum atomic E-state index is 0.440. The number of hydrogen-bond donors (Lipinski definition) is 1. The van der Waals surface area contributed by atoms with Crippen LogP contribution >= 0.6 is 28.1 Å². The number of nitrogens with zero attached hydrogens (tertiary/aromatic N) is 3. The molecule has 0 bridgehead atoms. The molecule has 1 N–H and O–H groups in total. The van der Waals surface area contributed by atoms with Crippen LogP contribution in [-0.4, -0.2) is 39.6 Å². The number of likely N-dealkylation sites (N-methyl/N-ethyl adjacent to an activating group) is 1. The fraction of sp³-hybridized carbons (Fsp3) is 0.455. The smallest absolute Gasteiger partial charge is 0.179 e. The average molecular weight is 313 g/mol. The maximum Gasteiger partial charge on any atom is 0.179 e. The Balaban J connectivity index is 2.15. The topological polar surface area (TPSA) is 36.9 Å². The van der Waals surface area contributed by atoms with E-state index in [1.807, 2.05) is 12.3 Å². The van der Waals surface area contributed by atoms with Gasteiger partial charge in [0, 0.05) is 17.2 Å². The van der Waals surface area contributed by atoms with Crippen LogP contribution in [0.4, 0.5) is 0 Å². The van der Waals surface area contributed by atoms with Gasteiger partial charge >= 0.3 is 0 Å². The number of aromatic nitrogens is 3. The van der Waals surface area contributed by atoms with Gasteiger partial charge in [-0.25, -0.2) is 4.98 Å². The van der Waals surface area contributed by atoms with Crippen LogP contribution in [0.2, 0.25) is 0 Å². The van der Waals surface area contributed by atoms with Crippen LogP contribution < -0.4 is 0 Å². The normalized spacial score (nSPS) is 21.4. The SMILES string of the molecule is CN1CCC(n2c(=S)[nH]c3cc(Br)cnc32)C1. The van der Waals surface area contributed by atoms with Crippen LogP contribution in [-0.2, 0) is 0 Å². The summed E-state index contributed by atoms with van der Waals surface area (Å²) in [5.41, 5.74) is 1.96. The van der Waals surface area contributed by atoms with Gasteiger partial charge in [-0.1, -0.05) is 0 Å². The summed E-state index contributed by atoms with van der Waals surface area (Å²) in [4.78, 5) is 10.0. The molecule has 3 heterocycles. The van der Waals surface area contributed by atoms with Gasteiger partial charge in [-0.05, 0) is 54.2 Å². The van der Waals surface area contributed by atoms with Crippen molar-refractivity contribution in [3.63, 3.8) is 0 Å². The predicted molar refractivity (Wildman–Crippen MR) is 73.8 cm³/mol. The summed E-state index contributed by atoms with van der Waals surface area (Å²) in [5.74, 6) is 0. The first-order valence-electron chi connectivity index (χ1n) is 5.59. The zero-order valence-corrected chi connectivity index (χ0v) is 11.9. The lowest BCUT2D eigenvalue weighted by Gasteiger charge is -2.12. The van der Waals surface area contributed by atoms with Crippen LogP contribution in [0.5, 0.6) is 0 Å². The number of aromatic amines is 1. The second kappa shape index (κ2) is 4.19. The molecule has 0 radical (unpaired) electrons. The van der Waals surface area contributed by atoms with E-state index >= 15 is 0 Å². The first-order valence-corrected chi connectivity index (χ1v) is 6.79. The standard InChI is InChI=1S/C11H13BrN4S/c1-15-3-2-8(6-15)16-10-9(14-11(16)17)4-7(12)5-13-10/h4-5,8H,2-3,6H2,1H3,(H,14,17). The van der Waals surface area contributed by atoms with Gasteiger partial charge in [-0.2, -0.15) is 0 Å². The van der Waals surface area contributed by atoms with Crippen LogP contribution in [0, 0.1) is 4.77 Å². The molecule has 1 aliphatic heterocycles. The van der Waals surface area contributed by atoms with Crippen molar-refractivity contribution in [3.8, 4) is 0 Å². The number of hydrogen-bond acceptors (Lipinski definition) is 3. The summed E-state index contributed by atoms with van der Waals surface area (Å²) < 4.78 is 3.89. The molecule has 0 amide bonds. The van der Waals surface area contributed by atoms with Crippen molar-refractivity contribution in [1.82, 2.24) is 19.4 Å². The Morgan fingerprint density at radius 1 is 1.59 bits per heavy atom. The quantitative estimate of drug-likeness (QED) is 0.823. The van der Waals surface area contributed by atoms with E-state index in [2.05, 4.69) is 42.4 Å². The average Bonchev–Trinajstić information content (AvgIpc) is 2.80. The molecule has 0 spiro atoms. The van der Waals surface area contributed by atoms with Crippen LogP contribution in [0.1, 0.15) is 12.5 Å². The van der Waals surface area contributed by atoms with Crippen LogP contribution in [0.15, 0.2) is 16.7 Å². The van der Waals surface area contributed by atoms with Gasteiger partial charge in [0.05, 0.1) is 11.6 Å². The summed E-state index contributed by atoms with van der Waals surface area (Å²) in [7, 11) is 2.14. The van der Waals surface area contributed by atoms with Crippen molar-refractivity contribution in [1.29, 1.82) is 0 Å². The zero-order valence-electron chi connectivity index (χ0n) is 9.48. The van der Waals surface area contributed by atoms with Crippen molar-refractivity contribution in [3.05, 3.63) is 21.5 Å². The van der Waals surface area contributed by atoms with E-state index in [9.17, 15) is 0 Å². The second-order valence-corrected chi connectivity index (χ2v) is 5.83. The third kappa shape index (κ3) is 1.94. The molecule has 1 fully saturated rings. The molecule has 0 aromatic carbocycles. The molecule has 90 valence electrons. The van der Waals surface area contributed by atoms with Crippen molar-refractivity contribution >= 4 is 39.3 Å². The van der Waals surface area contributed by atoms with Crippen molar-refractivity contribution < 1.29 is 0 Å². The second-order valence-electron chi connectivity index (χ2n) is 4.53. The largest absolute Gasteiger partial charge is 0.329 e. The molecule has 0 saturated carbocycles. The van der Waals surface area contributed by atoms with Crippen molar-refractivity contribution in [2.75, 3.05) is 20.1 Å². The molecular weight excluding hydrogens is 300 g/mol. The summed E-state index contributed by atoms with van der Waals surface area (Å²) in [6.45, 7) is 2.16. The Morgan fingerprint density at radius 2 is 2.41 bits per heavy atom. The molecule has 6 heteroatoms. The van der Waals surface area contributed by atoms with E-state index in [1.165, 1.54) is 0 Å². The third-order valence-corrected chi connectivity index (χ3v) is 3.99. The van der Waals surface area contributed by atoms with Gasteiger partial charge in [0.15, 0.2) is 10.4 Å². The van der Waals surface area contributed by atoms with E-state index < -0.39 is 0 Å². The molecule has 1 aliphatic rings. The predicted octanol–water partition coefficient (Wildman–Crippen LogP) is 2.73. The van der Waals surface area contributed by atoms with E-state index in [0.29, 0.717) is 6.04 Å². The molecule has 2 aromatic rings. The van der Waals surface area contributed by atoms with Gasteiger partial charge in [0.1, 0.15) is 0 Å². The molecule has 1 saturated heterocycles. The summed E-state index contributed by atoms with van der Waals surface area (Å²) in [5, 5.41) is 0. The zero-order chi connectivity index (χ0) is 12.0. The summed E-state index contributed by atoms with van der Waals surface area (Å²) in [6.07, 6.45) is 2.95. The first-order chi connectivity index (χ1) is 8.15. The molecule has 2 aromatic heterocycles. The van der Waals surface area contributed by atoms with E-state index in [-0.39, 0.29) is 0 Å². The Labute approximate surface area is 113 Å². The summed E-state index contributed by atoms with van der Waals surface area (Å²) in [6, 6.07) is 2.46. The van der Waals surface area contributed by atoms with Gasteiger partial charge in [0.2, 0.25) is 0 Å². The Kier molecular flexibility index (Phi) is 2.80. The molecule has 1 atom stereocenters. The third-order valence-electron chi connectivity index (χ3n) is 3.25. The maximum absolute atomic E-state index is 5.41. The highest BCUT2D eigenvalue weighted by Crippen LogP contribution is 2.26. The van der Waals surface area contributed by atoms with Gasteiger partial charge in [-0.15, -0.1) is 0 Å². The molecule has 1 unspecified atom stereocenters. The minimum absolute atomic E-state index is 0.440. The molecule has 17 heavy (non-hydrogen) atoms. The molecule has 3 rings (SSSR count). The minimum Gasteiger partial charge on any atom is -0.329 e. The maximum atomic E-state index is 5.41. The molecule has 4 nitrogen and oxygen atoms in total. The van der Waals surface area contributed by atoms with E-state index in [0.717, 1.165) is 39.9 Å². The van der Waals surface area contributed by atoms with Gasteiger partial charge in [0.25, 0.3) is 0 Å². The number of rotatable bonds is 1. The van der Waals surface area contributed by atoms with Crippen LogP contribution in [0.25, 0.3) is 11.2 Å². The van der Waals surface area contributed by atoms with Crippen molar-refractivity contribution in [2.45, 2.75) is 12.5 Å². The van der Waals surface area contributed by atoms with Crippen LogP contribution in [0.3, 0.4) is 0 Å². The van der Waals surface area contributed by atoms with E-state index in [1.54, 1.807) is 0 Å². The highest BCUT2D eigenvalue weighted by molar-refractivity contribution is 9.10. The van der Waals surface area contributed by atoms with Gasteiger partial charge < -0.3 is 9.88 Å². The lowest BCUT2D eigenvalue weighted by Crippen LogP contribution is -2.16. The molecule has 0 aliphatic carbocycles. The Morgan fingerprint density at radius 3 is 3.12 bits per heavy atom. The number of likely N-dealkylation sites (tertiary alicyclic amines) is 1. The first kappa shape index (κ1) is 11.4. The number of pyridine rings is 1. The number of halogens is 1. The Hall–Kier alpha value is -0.720. The Bertz CT molecular complexity index is 617. The van der Waals surface area contributed by atoms with E-state index in [4.69, 9.17) is 12.2 Å². The number of fused-ring (bicyclic) bond motifs is 1. The highest BCUT2D eigenvalue weighted by Gasteiger charge is 2.23. The molecular formula is C11H13BrN4S. The fourth-order valence-electron chi connectivity index (χ4n) is 2.45. The fourth-order valence-corrected chi connectivity index (χ4v) is 3.13. The van der Waals surface area contributed by atoms with Crippen molar-refractivity contribution in [2.24, 2.45) is 0 Å². The number of nitrogens with one attached hydrogen (secondary N) is 1. The lowest BCUT2D eigenvalue weighted by molar-refractivity contribution is 0.393. The monoisotopic (exact) mass is 312 g/mol. The number of H-pyrrole nitrogens is 1. The van der Waals surface area contributed by atoms with Gasteiger partial charge in [-0.3, -0.25) is 4.57 Å². The lowest BCUT2D eigenvalue weighted by atomic mass is 10.2.